The summed E-state index contributed by atoms with van der Waals surface area (Å²) in [5, 5.41) is 0.574. The summed E-state index contributed by atoms with van der Waals surface area (Å²) < 4.78 is 5.40. The zero-order chi connectivity index (χ0) is 11.8. The summed E-state index contributed by atoms with van der Waals surface area (Å²) >= 11 is 0. The van der Waals surface area contributed by atoms with Crippen LogP contribution < -0.4 is 5.56 Å². The second-order valence-corrected chi connectivity index (χ2v) is 3.86. The van der Waals surface area contributed by atoms with E-state index in [9.17, 15) is 4.79 Å². The standard InChI is InChI=1S/C13H10N2O2/c1-8-4-5-9-12(14-7-15-13(9)16)11(8)10-3-2-6-17-10/h2-7H,1H3,(H,14,15,16). The van der Waals surface area contributed by atoms with Crippen LogP contribution in [0.1, 0.15) is 5.56 Å². The van der Waals surface area contributed by atoms with Crippen molar-refractivity contribution in [2.24, 2.45) is 0 Å². The van der Waals surface area contributed by atoms with Crippen LogP contribution in [0.3, 0.4) is 0 Å². The number of rotatable bonds is 1. The Labute approximate surface area is 96.9 Å². The summed E-state index contributed by atoms with van der Waals surface area (Å²) in [4.78, 5) is 18.5. The van der Waals surface area contributed by atoms with Gasteiger partial charge in [-0.3, -0.25) is 4.79 Å². The predicted molar refractivity (Wildman–Crippen MR) is 64.8 cm³/mol. The highest BCUT2D eigenvalue weighted by atomic mass is 16.3. The van der Waals surface area contributed by atoms with Crippen molar-refractivity contribution in [3.05, 3.63) is 52.8 Å². The fourth-order valence-corrected chi connectivity index (χ4v) is 1.97. The van der Waals surface area contributed by atoms with Crippen LogP contribution in [0.4, 0.5) is 0 Å². The first-order valence-corrected chi connectivity index (χ1v) is 5.28. The molecular formula is C13H10N2O2. The van der Waals surface area contributed by atoms with Crippen molar-refractivity contribution in [2.75, 3.05) is 0 Å². The third-order valence-corrected chi connectivity index (χ3v) is 2.79. The van der Waals surface area contributed by atoms with Gasteiger partial charge in [0.1, 0.15) is 5.76 Å². The monoisotopic (exact) mass is 226 g/mol. The highest BCUT2D eigenvalue weighted by Crippen LogP contribution is 2.29. The Bertz CT molecular complexity index is 727. The molecule has 0 saturated heterocycles. The minimum Gasteiger partial charge on any atom is -0.464 e. The van der Waals surface area contributed by atoms with Gasteiger partial charge in [-0.05, 0) is 30.7 Å². The lowest BCUT2D eigenvalue weighted by molar-refractivity contribution is 0.582. The van der Waals surface area contributed by atoms with Crippen LogP contribution in [0.15, 0.2) is 46.1 Å². The van der Waals surface area contributed by atoms with Gasteiger partial charge in [0.2, 0.25) is 0 Å². The lowest BCUT2D eigenvalue weighted by Crippen LogP contribution is -2.07. The Morgan fingerprint density at radius 3 is 2.94 bits per heavy atom. The first kappa shape index (κ1) is 9.84. The SMILES string of the molecule is Cc1ccc2c(=O)[nH]cnc2c1-c1ccco1. The topological polar surface area (TPSA) is 58.9 Å². The summed E-state index contributed by atoms with van der Waals surface area (Å²) in [6.45, 7) is 1.97. The molecule has 84 valence electrons. The molecule has 17 heavy (non-hydrogen) atoms. The van der Waals surface area contributed by atoms with Crippen LogP contribution >= 0.6 is 0 Å². The van der Waals surface area contributed by atoms with Crippen LogP contribution in [0.5, 0.6) is 0 Å². The van der Waals surface area contributed by atoms with Gasteiger partial charge in [-0.2, -0.15) is 0 Å². The molecule has 3 rings (SSSR count). The van der Waals surface area contributed by atoms with E-state index in [2.05, 4.69) is 9.97 Å². The molecule has 2 heterocycles. The van der Waals surface area contributed by atoms with Gasteiger partial charge in [0.25, 0.3) is 5.56 Å². The Hall–Kier alpha value is -2.36. The van der Waals surface area contributed by atoms with Gasteiger partial charge in [0.15, 0.2) is 0 Å². The summed E-state index contributed by atoms with van der Waals surface area (Å²) in [7, 11) is 0. The number of nitrogens with one attached hydrogen (secondary N) is 1. The number of furan rings is 1. The van der Waals surface area contributed by atoms with E-state index in [-0.39, 0.29) is 5.56 Å². The molecule has 3 aromatic rings. The van der Waals surface area contributed by atoms with Gasteiger partial charge in [0.05, 0.1) is 23.5 Å². The number of aromatic amines is 1. The molecule has 1 N–H and O–H groups in total. The molecule has 0 radical (unpaired) electrons. The van der Waals surface area contributed by atoms with Crippen molar-refractivity contribution in [3.63, 3.8) is 0 Å². The molecule has 0 bridgehead atoms. The van der Waals surface area contributed by atoms with E-state index in [1.807, 2.05) is 25.1 Å². The van der Waals surface area contributed by atoms with Gasteiger partial charge >= 0.3 is 0 Å². The van der Waals surface area contributed by atoms with E-state index >= 15 is 0 Å². The smallest absolute Gasteiger partial charge is 0.258 e. The molecule has 4 heteroatoms. The van der Waals surface area contributed by atoms with Gasteiger partial charge in [-0.1, -0.05) is 6.07 Å². The van der Waals surface area contributed by atoms with E-state index in [0.29, 0.717) is 10.9 Å². The lowest BCUT2D eigenvalue weighted by atomic mass is 10.0. The first-order chi connectivity index (χ1) is 8.27. The summed E-state index contributed by atoms with van der Waals surface area (Å²) in [6.07, 6.45) is 3.03. The summed E-state index contributed by atoms with van der Waals surface area (Å²) in [5.41, 5.74) is 2.44. The van der Waals surface area contributed by atoms with Gasteiger partial charge in [-0.25, -0.2) is 4.98 Å². The van der Waals surface area contributed by atoms with E-state index in [4.69, 9.17) is 4.42 Å². The predicted octanol–water partition coefficient (Wildman–Crippen LogP) is 2.49. The highest BCUT2D eigenvalue weighted by molar-refractivity contribution is 5.93. The fraction of sp³-hybridized carbons (Fsp3) is 0.0769. The Kier molecular flexibility index (Phi) is 2.08. The number of fused-ring (bicyclic) bond motifs is 1. The molecule has 0 fully saturated rings. The van der Waals surface area contributed by atoms with Crippen molar-refractivity contribution in [3.8, 4) is 11.3 Å². The first-order valence-electron chi connectivity index (χ1n) is 5.28. The van der Waals surface area contributed by atoms with Gasteiger partial charge in [-0.15, -0.1) is 0 Å². The second kappa shape index (κ2) is 3.59. The minimum absolute atomic E-state index is 0.136. The van der Waals surface area contributed by atoms with Crippen LogP contribution in [-0.4, -0.2) is 9.97 Å². The van der Waals surface area contributed by atoms with Crippen molar-refractivity contribution >= 4 is 10.9 Å². The quantitative estimate of drug-likeness (QED) is 0.693. The third kappa shape index (κ3) is 1.45. The Morgan fingerprint density at radius 2 is 2.18 bits per heavy atom. The van der Waals surface area contributed by atoms with Crippen LogP contribution in [-0.2, 0) is 0 Å². The molecule has 0 aliphatic rings. The van der Waals surface area contributed by atoms with Gasteiger partial charge in [0, 0.05) is 5.56 Å². The van der Waals surface area contributed by atoms with Crippen molar-refractivity contribution in [1.29, 1.82) is 0 Å². The number of H-pyrrole nitrogens is 1. The number of hydrogen-bond acceptors (Lipinski definition) is 3. The lowest BCUT2D eigenvalue weighted by Gasteiger charge is -2.05. The fourth-order valence-electron chi connectivity index (χ4n) is 1.97. The van der Waals surface area contributed by atoms with Crippen LogP contribution in [0.25, 0.3) is 22.2 Å². The van der Waals surface area contributed by atoms with Crippen LogP contribution in [0, 0.1) is 6.92 Å². The normalized spacial score (nSPS) is 10.9. The number of aryl methyl sites for hydroxylation is 1. The maximum absolute atomic E-state index is 11.7. The molecule has 0 spiro atoms. The van der Waals surface area contributed by atoms with E-state index in [0.717, 1.165) is 16.9 Å². The van der Waals surface area contributed by atoms with E-state index < -0.39 is 0 Å². The van der Waals surface area contributed by atoms with Gasteiger partial charge < -0.3 is 9.40 Å². The Balaban J connectivity index is 2.48. The Morgan fingerprint density at radius 1 is 1.29 bits per heavy atom. The molecule has 0 atom stereocenters. The van der Waals surface area contributed by atoms with Crippen molar-refractivity contribution in [1.82, 2.24) is 9.97 Å². The number of nitrogens with zero attached hydrogens (tertiary/aromatic N) is 1. The largest absolute Gasteiger partial charge is 0.464 e. The third-order valence-electron chi connectivity index (χ3n) is 2.79. The summed E-state index contributed by atoms with van der Waals surface area (Å²) in [6, 6.07) is 7.37. The molecule has 0 amide bonds. The maximum Gasteiger partial charge on any atom is 0.258 e. The molecule has 0 saturated carbocycles. The maximum atomic E-state index is 11.7. The number of benzene rings is 1. The second-order valence-electron chi connectivity index (χ2n) is 3.86. The highest BCUT2D eigenvalue weighted by Gasteiger charge is 2.12. The molecule has 2 aromatic heterocycles. The average molecular weight is 226 g/mol. The van der Waals surface area contributed by atoms with Crippen LogP contribution in [0.2, 0.25) is 0 Å². The van der Waals surface area contributed by atoms with E-state index in [1.165, 1.54) is 6.33 Å². The van der Waals surface area contributed by atoms with Crippen molar-refractivity contribution < 1.29 is 4.42 Å². The zero-order valence-corrected chi connectivity index (χ0v) is 9.23. The molecule has 0 aliphatic carbocycles. The molecule has 0 aliphatic heterocycles. The molecular weight excluding hydrogens is 216 g/mol. The molecule has 0 unspecified atom stereocenters. The minimum atomic E-state index is -0.136. The average Bonchev–Trinajstić information content (AvgIpc) is 2.82. The zero-order valence-electron chi connectivity index (χ0n) is 9.23. The number of aromatic nitrogens is 2. The summed E-state index contributed by atoms with van der Waals surface area (Å²) in [5.74, 6) is 0.728. The molecule has 1 aromatic carbocycles. The number of hydrogen-bond donors (Lipinski definition) is 1. The van der Waals surface area contributed by atoms with E-state index in [1.54, 1.807) is 12.3 Å². The molecule has 4 nitrogen and oxygen atoms in total. The van der Waals surface area contributed by atoms with Crippen molar-refractivity contribution in [2.45, 2.75) is 6.92 Å².